The van der Waals surface area contributed by atoms with Gasteiger partial charge in [-0.25, -0.2) is 0 Å². The van der Waals surface area contributed by atoms with Gasteiger partial charge in [0.2, 0.25) is 0 Å². The predicted molar refractivity (Wildman–Crippen MR) is 103 cm³/mol. The van der Waals surface area contributed by atoms with Crippen molar-refractivity contribution in [3.63, 3.8) is 0 Å². The highest BCUT2D eigenvalue weighted by molar-refractivity contribution is 6.01. The molecule has 3 rings (SSSR count). The molecule has 0 aromatic heterocycles. The zero-order chi connectivity index (χ0) is 20.5. The highest BCUT2D eigenvalue weighted by atomic mass is 16.7. The van der Waals surface area contributed by atoms with Gasteiger partial charge in [0.25, 0.3) is 0 Å². The van der Waals surface area contributed by atoms with Crippen LogP contribution in [0, 0.1) is 17.3 Å². The molecule has 0 amide bonds. The molecule has 158 valence electrons. The number of ether oxygens (including phenoxy) is 4. The van der Waals surface area contributed by atoms with Gasteiger partial charge in [-0.1, -0.05) is 13.8 Å². The number of allylic oxidation sites excluding steroid dienone is 1. The second-order valence-electron chi connectivity index (χ2n) is 8.57. The highest BCUT2D eigenvalue weighted by Gasteiger charge is 2.61. The summed E-state index contributed by atoms with van der Waals surface area (Å²) in [7, 11) is 1.59. The van der Waals surface area contributed by atoms with Gasteiger partial charge in [0.05, 0.1) is 12.5 Å². The van der Waals surface area contributed by atoms with Gasteiger partial charge in [-0.2, -0.15) is 0 Å². The molecule has 2 fully saturated rings. The Morgan fingerprint density at radius 2 is 2.00 bits per heavy atom. The first-order chi connectivity index (χ1) is 13.3. The molecule has 1 saturated heterocycles. The monoisotopic (exact) mass is 394 g/mol. The van der Waals surface area contributed by atoms with Crippen LogP contribution in [0.25, 0.3) is 0 Å². The fourth-order valence-corrected chi connectivity index (χ4v) is 5.32. The molecular weight excluding hydrogens is 360 g/mol. The van der Waals surface area contributed by atoms with E-state index in [0.29, 0.717) is 30.8 Å². The molecule has 1 saturated carbocycles. The number of hydrogen-bond donors (Lipinski definition) is 0. The van der Waals surface area contributed by atoms with Gasteiger partial charge >= 0.3 is 5.97 Å². The van der Waals surface area contributed by atoms with Crippen LogP contribution in [0.1, 0.15) is 66.2 Å². The van der Waals surface area contributed by atoms with Gasteiger partial charge in [-0.05, 0) is 51.9 Å². The molecule has 1 unspecified atom stereocenters. The number of methoxy groups -OCH3 is 1. The summed E-state index contributed by atoms with van der Waals surface area (Å²) in [5.74, 6) is 0.430. The minimum atomic E-state index is -0.825. The average Bonchev–Trinajstić information content (AvgIpc) is 2.69. The Kier molecular flexibility index (Phi) is 6.50. The summed E-state index contributed by atoms with van der Waals surface area (Å²) in [5.41, 5.74) is -0.262. The van der Waals surface area contributed by atoms with Gasteiger partial charge in [-0.15, -0.1) is 0 Å². The Labute approximate surface area is 167 Å². The summed E-state index contributed by atoms with van der Waals surface area (Å²) in [5, 5.41) is 0. The summed E-state index contributed by atoms with van der Waals surface area (Å²) in [6, 6.07) is 0. The fraction of sp³-hybridized carbons (Fsp3) is 0.818. The number of hydrogen-bond acceptors (Lipinski definition) is 6. The van der Waals surface area contributed by atoms with E-state index in [0.717, 1.165) is 25.7 Å². The first-order valence-corrected chi connectivity index (χ1v) is 10.6. The van der Waals surface area contributed by atoms with Crippen LogP contribution in [-0.4, -0.2) is 44.0 Å². The molecule has 28 heavy (non-hydrogen) atoms. The van der Waals surface area contributed by atoms with Crippen LogP contribution in [0.4, 0.5) is 0 Å². The number of carbonyl (C=O) groups is 2. The van der Waals surface area contributed by atoms with Crippen LogP contribution in [0.3, 0.4) is 0 Å². The first kappa shape index (κ1) is 21.3. The van der Waals surface area contributed by atoms with E-state index >= 15 is 0 Å². The van der Waals surface area contributed by atoms with Crippen molar-refractivity contribution >= 4 is 11.8 Å². The van der Waals surface area contributed by atoms with Crippen LogP contribution >= 0.6 is 0 Å². The largest absolute Gasteiger partial charge is 0.498 e. The molecule has 0 spiro atoms. The lowest BCUT2D eigenvalue weighted by Gasteiger charge is -2.54. The van der Waals surface area contributed by atoms with Crippen molar-refractivity contribution in [1.82, 2.24) is 0 Å². The lowest BCUT2D eigenvalue weighted by atomic mass is 9.54. The molecule has 6 heteroatoms. The number of fused-ring (bicyclic) bond motifs is 1. The van der Waals surface area contributed by atoms with E-state index in [1.165, 1.54) is 0 Å². The SMILES string of the molecule is CCC(=O)O[C@H]1CC[C@@H](C)[C@@H]2[C@H](OC3CCCCO3)C(OC)=C(C)C(=O)[C@]21C. The van der Waals surface area contributed by atoms with E-state index in [1.807, 2.05) is 6.92 Å². The summed E-state index contributed by atoms with van der Waals surface area (Å²) in [4.78, 5) is 25.6. The third-order valence-corrected chi connectivity index (χ3v) is 6.86. The molecule has 0 aromatic carbocycles. The summed E-state index contributed by atoms with van der Waals surface area (Å²) in [6.45, 7) is 8.35. The lowest BCUT2D eigenvalue weighted by Crippen LogP contribution is -2.60. The molecule has 0 N–H and O–H groups in total. The van der Waals surface area contributed by atoms with Crippen molar-refractivity contribution < 1.29 is 28.5 Å². The van der Waals surface area contributed by atoms with E-state index in [4.69, 9.17) is 18.9 Å². The summed E-state index contributed by atoms with van der Waals surface area (Å²) >= 11 is 0. The average molecular weight is 395 g/mol. The van der Waals surface area contributed by atoms with Gasteiger partial charge in [-0.3, -0.25) is 9.59 Å². The third-order valence-electron chi connectivity index (χ3n) is 6.86. The van der Waals surface area contributed by atoms with Crippen molar-refractivity contribution in [1.29, 1.82) is 0 Å². The molecule has 0 radical (unpaired) electrons. The van der Waals surface area contributed by atoms with Crippen LogP contribution in [0.2, 0.25) is 0 Å². The number of ketones is 1. The fourth-order valence-electron chi connectivity index (χ4n) is 5.32. The smallest absolute Gasteiger partial charge is 0.305 e. The van der Waals surface area contributed by atoms with E-state index in [2.05, 4.69) is 6.92 Å². The molecule has 3 aliphatic rings. The Bertz CT molecular complexity index is 635. The van der Waals surface area contributed by atoms with E-state index < -0.39 is 11.5 Å². The second kappa shape index (κ2) is 8.54. The van der Waals surface area contributed by atoms with Gasteiger partial charge in [0, 0.05) is 24.5 Å². The van der Waals surface area contributed by atoms with E-state index in [1.54, 1.807) is 21.0 Å². The molecule has 0 aromatic rings. The Hall–Kier alpha value is -1.40. The Morgan fingerprint density at radius 1 is 1.25 bits per heavy atom. The van der Waals surface area contributed by atoms with Crippen LogP contribution in [0.5, 0.6) is 0 Å². The van der Waals surface area contributed by atoms with Gasteiger partial charge in [0.15, 0.2) is 12.1 Å². The Balaban J connectivity index is 2.00. The minimum Gasteiger partial charge on any atom is -0.498 e. The topological polar surface area (TPSA) is 71.1 Å². The van der Waals surface area contributed by atoms with Crippen molar-refractivity contribution in [2.24, 2.45) is 17.3 Å². The predicted octanol–water partition coefficient (Wildman–Crippen LogP) is 3.78. The zero-order valence-corrected chi connectivity index (χ0v) is 17.8. The van der Waals surface area contributed by atoms with E-state index in [9.17, 15) is 9.59 Å². The van der Waals surface area contributed by atoms with Crippen LogP contribution < -0.4 is 0 Å². The summed E-state index contributed by atoms with van der Waals surface area (Å²) in [6.07, 6.45) is 3.69. The quantitative estimate of drug-likeness (QED) is 0.661. The molecule has 6 nitrogen and oxygen atoms in total. The molecule has 6 atom stereocenters. The maximum Gasteiger partial charge on any atom is 0.305 e. The van der Waals surface area contributed by atoms with Crippen molar-refractivity contribution in [2.75, 3.05) is 13.7 Å². The Morgan fingerprint density at radius 3 is 2.61 bits per heavy atom. The van der Waals surface area contributed by atoms with Gasteiger partial charge in [0.1, 0.15) is 18.0 Å². The first-order valence-electron chi connectivity index (χ1n) is 10.6. The second-order valence-corrected chi connectivity index (χ2v) is 8.57. The maximum absolute atomic E-state index is 13.5. The van der Waals surface area contributed by atoms with Gasteiger partial charge < -0.3 is 18.9 Å². The number of esters is 1. The molecule has 1 aliphatic heterocycles. The highest BCUT2D eigenvalue weighted by Crippen LogP contribution is 2.54. The number of carbonyl (C=O) groups excluding carboxylic acids is 2. The number of Topliss-reactive ketones (excluding diaryl/α,β-unsaturated/α-hetero) is 1. The van der Waals surface area contributed by atoms with E-state index in [-0.39, 0.29) is 36.0 Å². The van der Waals surface area contributed by atoms with Crippen LogP contribution in [0.15, 0.2) is 11.3 Å². The molecule has 0 bridgehead atoms. The van der Waals surface area contributed by atoms with Crippen molar-refractivity contribution in [3.8, 4) is 0 Å². The third kappa shape index (κ3) is 3.61. The zero-order valence-electron chi connectivity index (χ0n) is 17.8. The lowest BCUT2D eigenvalue weighted by molar-refractivity contribution is -0.227. The standard InChI is InChI=1S/C22H34O6/c1-6-16(23)27-15-11-10-13(2)18-20(28-17-9-7-8-12-26-17)19(25-5)14(3)21(24)22(15,18)4/h13,15,17-18,20H,6-12H2,1-5H3/t13-,15+,17?,18-,20+,22+/m1/s1. The molecule has 1 heterocycles. The number of rotatable bonds is 5. The maximum atomic E-state index is 13.5. The van der Waals surface area contributed by atoms with Crippen LogP contribution in [-0.2, 0) is 28.5 Å². The van der Waals surface area contributed by atoms with Crippen molar-refractivity contribution in [3.05, 3.63) is 11.3 Å². The van der Waals surface area contributed by atoms with Crippen molar-refractivity contribution in [2.45, 2.75) is 84.7 Å². The minimum absolute atomic E-state index is 0.000726. The normalized spacial score (nSPS) is 38.8. The molecule has 2 aliphatic carbocycles. The molecular formula is C22H34O6. The summed E-state index contributed by atoms with van der Waals surface area (Å²) < 4.78 is 23.7.